The maximum absolute atomic E-state index is 12.3. The molecule has 0 saturated carbocycles. The zero-order valence-corrected chi connectivity index (χ0v) is 11.6. The average molecular weight is 271 g/mol. The second kappa shape index (κ2) is 6.70. The SMILES string of the molecule is CCCOc1cncc(C(=O)c2ccc(OC)cc2)c1. The van der Waals surface area contributed by atoms with E-state index in [1.54, 1.807) is 49.8 Å². The third-order valence-electron chi connectivity index (χ3n) is 2.80. The highest BCUT2D eigenvalue weighted by atomic mass is 16.5. The molecule has 1 aromatic heterocycles. The molecule has 20 heavy (non-hydrogen) atoms. The third-order valence-corrected chi connectivity index (χ3v) is 2.80. The zero-order chi connectivity index (χ0) is 14.4. The van der Waals surface area contributed by atoms with E-state index in [-0.39, 0.29) is 5.78 Å². The Morgan fingerprint density at radius 3 is 2.50 bits per heavy atom. The number of hydrogen-bond donors (Lipinski definition) is 0. The molecule has 0 aliphatic heterocycles. The van der Waals surface area contributed by atoms with E-state index in [0.717, 1.165) is 12.2 Å². The lowest BCUT2D eigenvalue weighted by atomic mass is 10.0. The number of benzene rings is 1. The van der Waals surface area contributed by atoms with Gasteiger partial charge in [0.25, 0.3) is 0 Å². The molecule has 4 nitrogen and oxygen atoms in total. The van der Waals surface area contributed by atoms with Crippen LogP contribution in [0.15, 0.2) is 42.7 Å². The molecule has 0 amide bonds. The average Bonchev–Trinajstić information content (AvgIpc) is 2.52. The molecule has 0 unspecified atom stereocenters. The van der Waals surface area contributed by atoms with Gasteiger partial charge in [0, 0.05) is 17.3 Å². The van der Waals surface area contributed by atoms with Crippen LogP contribution >= 0.6 is 0 Å². The van der Waals surface area contributed by atoms with Gasteiger partial charge in [-0.15, -0.1) is 0 Å². The number of ether oxygens (including phenoxy) is 2. The lowest BCUT2D eigenvalue weighted by Gasteiger charge is -2.06. The number of nitrogens with zero attached hydrogens (tertiary/aromatic N) is 1. The summed E-state index contributed by atoms with van der Waals surface area (Å²) in [6.45, 7) is 2.64. The highest BCUT2D eigenvalue weighted by molar-refractivity contribution is 6.09. The third kappa shape index (κ3) is 3.35. The molecule has 0 saturated heterocycles. The number of rotatable bonds is 6. The summed E-state index contributed by atoms with van der Waals surface area (Å²) >= 11 is 0. The van der Waals surface area contributed by atoms with Crippen LogP contribution in [0.3, 0.4) is 0 Å². The van der Waals surface area contributed by atoms with Gasteiger partial charge in [0.15, 0.2) is 5.78 Å². The van der Waals surface area contributed by atoms with Crippen LogP contribution in [-0.4, -0.2) is 24.5 Å². The predicted molar refractivity (Wildman–Crippen MR) is 76.4 cm³/mol. The van der Waals surface area contributed by atoms with Crippen LogP contribution in [0, 0.1) is 0 Å². The number of carbonyl (C=O) groups is 1. The molecule has 0 N–H and O–H groups in total. The Labute approximate surface area is 118 Å². The van der Waals surface area contributed by atoms with E-state index in [9.17, 15) is 4.79 Å². The summed E-state index contributed by atoms with van der Waals surface area (Å²) in [5.74, 6) is 1.26. The van der Waals surface area contributed by atoms with Crippen molar-refractivity contribution < 1.29 is 14.3 Å². The van der Waals surface area contributed by atoms with Gasteiger partial charge in [-0.1, -0.05) is 6.92 Å². The standard InChI is InChI=1S/C16H17NO3/c1-3-8-20-15-9-13(10-17-11-15)16(18)12-4-6-14(19-2)7-5-12/h4-7,9-11H,3,8H2,1-2H3. The normalized spacial score (nSPS) is 10.1. The summed E-state index contributed by atoms with van der Waals surface area (Å²) < 4.78 is 10.6. The molecule has 0 bridgehead atoms. The Morgan fingerprint density at radius 2 is 1.85 bits per heavy atom. The van der Waals surface area contributed by atoms with E-state index in [2.05, 4.69) is 4.98 Å². The molecule has 1 aromatic carbocycles. The summed E-state index contributed by atoms with van der Waals surface area (Å²) in [5.41, 5.74) is 1.11. The number of pyridine rings is 1. The molecule has 0 aliphatic carbocycles. The smallest absolute Gasteiger partial charge is 0.194 e. The largest absolute Gasteiger partial charge is 0.497 e. The van der Waals surface area contributed by atoms with Gasteiger partial charge in [-0.2, -0.15) is 0 Å². The minimum absolute atomic E-state index is 0.0814. The highest BCUT2D eigenvalue weighted by Crippen LogP contribution is 2.17. The van der Waals surface area contributed by atoms with E-state index in [0.29, 0.717) is 23.5 Å². The first-order valence-electron chi connectivity index (χ1n) is 6.51. The van der Waals surface area contributed by atoms with Crippen molar-refractivity contribution in [1.82, 2.24) is 4.98 Å². The lowest BCUT2D eigenvalue weighted by Crippen LogP contribution is -2.03. The van der Waals surface area contributed by atoms with Gasteiger partial charge in [-0.25, -0.2) is 0 Å². The Balaban J connectivity index is 2.19. The molecule has 104 valence electrons. The van der Waals surface area contributed by atoms with Crippen LogP contribution in [0.1, 0.15) is 29.3 Å². The monoisotopic (exact) mass is 271 g/mol. The first kappa shape index (κ1) is 14.1. The number of carbonyl (C=O) groups excluding carboxylic acids is 1. The number of methoxy groups -OCH3 is 1. The fraction of sp³-hybridized carbons (Fsp3) is 0.250. The molecular weight excluding hydrogens is 254 g/mol. The fourth-order valence-corrected chi connectivity index (χ4v) is 1.75. The minimum Gasteiger partial charge on any atom is -0.497 e. The van der Waals surface area contributed by atoms with Crippen LogP contribution in [0.25, 0.3) is 0 Å². The molecule has 0 fully saturated rings. The maximum Gasteiger partial charge on any atom is 0.194 e. The molecule has 2 aromatic rings. The fourth-order valence-electron chi connectivity index (χ4n) is 1.75. The van der Waals surface area contributed by atoms with Gasteiger partial charge >= 0.3 is 0 Å². The molecule has 1 heterocycles. The quantitative estimate of drug-likeness (QED) is 0.757. The van der Waals surface area contributed by atoms with Crippen molar-refractivity contribution in [1.29, 1.82) is 0 Å². The second-order valence-corrected chi connectivity index (χ2v) is 4.32. The Morgan fingerprint density at radius 1 is 1.10 bits per heavy atom. The van der Waals surface area contributed by atoms with Gasteiger partial charge in [-0.3, -0.25) is 9.78 Å². The topological polar surface area (TPSA) is 48.4 Å². The Kier molecular flexibility index (Phi) is 4.71. The summed E-state index contributed by atoms with van der Waals surface area (Å²) in [7, 11) is 1.59. The van der Waals surface area contributed by atoms with E-state index < -0.39 is 0 Å². The van der Waals surface area contributed by atoms with E-state index >= 15 is 0 Å². The minimum atomic E-state index is -0.0814. The molecule has 0 spiro atoms. The van der Waals surface area contributed by atoms with Crippen molar-refractivity contribution in [3.05, 3.63) is 53.9 Å². The van der Waals surface area contributed by atoms with Crippen LogP contribution in [-0.2, 0) is 0 Å². The summed E-state index contributed by atoms with van der Waals surface area (Å²) in [6, 6.07) is 8.72. The molecule has 0 atom stereocenters. The van der Waals surface area contributed by atoms with E-state index in [1.807, 2.05) is 6.92 Å². The van der Waals surface area contributed by atoms with Crippen molar-refractivity contribution in [3.63, 3.8) is 0 Å². The van der Waals surface area contributed by atoms with Crippen molar-refractivity contribution in [2.75, 3.05) is 13.7 Å². The first-order valence-corrected chi connectivity index (χ1v) is 6.51. The van der Waals surface area contributed by atoms with Crippen LogP contribution in [0.4, 0.5) is 0 Å². The zero-order valence-electron chi connectivity index (χ0n) is 11.6. The van der Waals surface area contributed by atoms with Crippen molar-refractivity contribution >= 4 is 5.78 Å². The summed E-state index contributed by atoms with van der Waals surface area (Å²) in [6.07, 6.45) is 4.07. The molecule has 0 aliphatic rings. The van der Waals surface area contributed by atoms with Crippen LogP contribution in [0.5, 0.6) is 11.5 Å². The summed E-state index contributed by atoms with van der Waals surface area (Å²) in [5, 5.41) is 0. The van der Waals surface area contributed by atoms with Crippen molar-refractivity contribution in [2.24, 2.45) is 0 Å². The van der Waals surface area contributed by atoms with E-state index in [1.165, 1.54) is 0 Å². The van der Waals surface area contributed by atoms with Gasteiger partial charge in [0.05, 0.1) is 19.9 Å². The number of hydrogen-bond acceptors (Lipinski definition) is 4. The number of aromatic nitrogens is 1. The molecule has 2 rings (SSSR count). The molecular formula is C16H17NO3. The van der Waals surface area contributed by atoms with Gasteiger partial charge < -0.3 is 9.47 Å². The highest BCUT2D eigenvalue weighted by Gasteiger charge is 2.10. The molecule has 0 radical (unpaired) electrons. The second-order valence-electron chi connectivity index (χ2n) is 4.32. The van der Waals surface area contributed by atoms with Crippen LogP contribution in [0.2, 0.25) is 0 Å². The first-order chi connectivity index (χ1) is 9.74. The maximum atomic E-state index is 12.3. The van der Waals surface area contributed by atoms with Gasteiger partial charge in [-0.05, 0) is 36.8 Å². The molecule has 4 heteroatoms. The number of ketones is 1. The van der Waals surface area contributed by atoms with E-state index in [4.69, 9.17) is 9.47 Å². The van der Waals surface area contributed by atoms with Crippen molar-refractivity contribution in [2.45, 2.75) is 13.3 Å². The Bertz CT molecular complexity index is 579. The predicted octanol–water partition coefficient (Wildman–Crippen LogP) is 3.11. The van der Waals surface area contributed by atoms with Gasteiger partial charge in [0.2, 0.25) is 0 Å². The lowest BCUT2D eigenvalue weighted by molar-refractivity contribution is 0.103. The summed E-state index contributed by atoms with van der Waals surface area (Å²) in [4.78, 5) is 16.4. The van der Waals surface area contributed by atoms with Crippen molar-refractivity contribution in [3.8, 4) is 11.5 Å². The van der Waals surface area contributed by atoms with Gasteiger partial charge in [0.1, 0.15) is 11.5 Å². The Hall–Kier alpha value is -2.36. The van der Waals surface area contributed by atoms with Crippen LogP contribution < -0.4 is 9.47 Å².